The fourth-order valence-corrected chi connectivity index (χ4v) is 1.80. The van der Waals surface area contributed by atoms with E-state index in [2.05, 4.69) is 15.5 Å². The number of carbonyl (C=O) groups excluding carboxylic acids is 1. The maximum Gasteiger partial charge on any atom is 0.237 e. The van der Waals surface area contributed by atoms with Gasteiger partial charge in [-0.25, -0.2) is 0 Å². The molecule has 1 aliphatic heterocycles. The fourth-order valence-electron chi connectivity index (χ4n) is 1.80. The Morgan fingerprint density at radius 1 is 1.71 bits per heavy atom. The molecule has 5 nitrogen and oxygen atoms in total. The largest absolute Gasteiger partial charge is 0.467 e. The summed E-state index contributed by atoms with van der Waals surface area (Å²) in [6, 6.07) is 4.03. The van der Waals surface area contributed by atoms with Gasteiger partial charge in [-0.3, -0.25) is 9.69 Å². The second-order valence-corrected chi connectivity index (χ2v) is 4.45. The highest BCUT2D eigenvalue weighted by molar-refractivity contribution is 5.81. The molecule has 0 saturated carbocycles. The van der Waals surface area contributed by atoms with Gasteiger partial charge < -0.3 is 15.1 Å². The van der Waals surface area contributed by atoms with Crippen molar-refractivity contribution in [1.29, 1.82) is 0 Å². The smallest absolute Gasteiger partial charge is 0.237 e. The zero-order chi connectivity index (χ0) is 12.3. The second-order valence-electron chi connectivity index (χ2n) is 4.45. The third kappa shape index (κ3) is 2.87. The summed E-state index contributed by atoms with van der Waals surface area (Å²) in [6.45, 7) is 4.31. The number of rotatable bonds is 5. The van der Waals surface area contributed by atoms with Crippen molar-refractivity contribution < 1.29 is 9.21 Å². The minimum Gasteiger partial charge on any atom is -0.467 e. The molecule has 5 heteroatoms. The minimum atomic E-state index is -0.114. The summed E-state index contributed by atoms with van der Waals surface area (Å²) in [5, 5.41) is 6.08. The Morgan fingerprint density at radius 3 is 3.00 bits per heavy atom. The van der Waals surface area contributed by atoms with Crippen LogP contribution < -0.4 is 10.6 Å². The van der Waals surface area contributed by atoms with E-state index in [1.807, 2.05) is 26.1 Å². The number of likely N-dealkylation sites (N-methyl/N-ethyl adjacent to an activating group) is 1. The Kier molecular flexibility index (Phi) is 3.81. The number of nitrogens with zero attached hydrogens (tertiary/aromatic N) is 1. The molecule has 1 unspecified atom stereocenters. The lowest BCUT2D eigenvalue weighted by molar-refractivity contribution is -0.126. The van der Waals surface area contributed by atoms with Crippen LogP contribution in [0.2, 0.25) is 0 Å². The van der Waals surface area contributed by atoms with E-state index in [9.17, 15) is 4.79 Å². The molecular weight excluding hydrogens is 218 g/mol. The summed E-state index contributed by atoms with van der Waals surface area (Å²) >= 11 is 0. The van der Waals surface area contributed by atoms with Crippen molar-refractivity contribution in [2.45, 2.75) is 25.6 Å². The van der Waals surface area contributed by atoms with E-state index in [-0.39, 0.29) is 11.9 Å². The van der Waals surface area contributed by atoms with Crippen LogP contribution in [0.5, 0.6) is 0 Å². The lowest BCUT2D eigenvalue weighted by atomic mass is 10.1. The maximum absolute atomic E-state index is 11.9. The normalized spacial score (nSPS) is 17.8. The fraction of sp³-hybridized carbons (Fsp3) is 0.583. The summed E-state index contributed by atoms with van der Waals surface area (Å²) in [7, 11) is 1.99. The number of nitrogens with one attached hydrogen (secondary N) is 2. The van der Waals surface area contributed by atoms with Gasteiger partial charge in [-0.2, -0.15) is 0 Å². The molecule has 0 spiro atoms. The van der Waals surface area contributed by atoms with Gasteiger partial charge in [0.15, 0.2) is 0 Å². The first-order valence-electron chi connectivity index (χ1n) is 5.91. The van der Waals surface area contributed by atoms with Gasteiger partial charge >= 0.3 is 0 Å². The predicted octanol–water partition coefficient (Wildman–Crippen LogP) is 0.188. The van der Waals surface area contributed by atoms with Crippen LogP contribution in [0.15, 0.2) is 22.8 Å². The first-order chi connectivity index (χ1) is 8.18. The monoisotopic (exact) mass is 237 g/mol. The molecule has 0 aliphatic carbocycles. The van der Waals surface area contributed by atoms with E-state index in [0.717, 1.165) is 18.8 Å². The van der Waals surface area contributed by atoms with Crippen LogP contribution in [0.25, 0.3) is 0 Å². The molecular formula is C12H19N3O2. The lowest BCUT2D eigenvalue weighted by Crippen LogP contribution is -2.60. The highest BCUT2D eigenvalue weighted by Crippen LogP contribution is 2.07. The van der Waals surface area contributed by atoms with E-state index in [1.54, 1.807) is 6.26 Å². The Hall–Kier alpha value is -1.33. The molecule has 17 heavy (non-hydrogen) atoms. The average molecular weight is 237 g/mol. The molecule has 1 aliphatic rings. The van der Waals surface area contributed by atoms with Crippen LogP contribution in [0.3, 0.4) is 0 Å². The molecule has 2 rings (SSSR count). The summed E-state index contributed by atoms with van der Waals surface area (Å²) in [6.07, 6.45) is 1.61. The standard InChI is InChI=1S/C12H19N3O2/c1-9(15(2)10-6-13-7-10)12(16)14-8-11-4-3-5-17-11/h3-5,9-10,13H,6-8H2,1-2H3,(H,14,16). The molecule has 1 aromatic heterocycles. The van der Waals surface area contributed by atoms with Crippen molar-refractivity contribution in [2.75, 3.05) is 20.1 Å². The molecule has 94 valence electrons. The SMILES string of the molecule is CC(C(=O)NCc1ccco1)N(C)C1CNC1. The molecule has 1 amide bonds. The number of hydrogen-bond donors (Lipinski definition) is 2. The first-order valence-corrected chi connectivity index (χ1v) is 5.91. The quantitative estimate of drug-likeness (QED) is 0.767. The molecule has 0 aromatic carbocycles. The van der Waals surface area contributed by atoms with Gasteiger partial charge in [-0.05, 0) is 26.1 Å². The van der Waals surface area contributed by atoms with Gasteiger partial charge in [-0.1, -0.05) is 0 Å². The molecule has 1 atom stereocenters. The summed E-state index contributed by atoms with van der Waals surface area (Å²) in [4.78, 5) is 14.0. The number of furan rings is 1. The van der Waals surface area contributed by atoms with Crippen molar-refractivity contribution in [3.63, 3.8) is 0 Å². The van der Waals surface area contributed by atoms with Gasteiger partial charge in [0.1, 0.15) is 5.76 Å². The first kappa shape index (κ1) is 12.1. The van der Waals surface area contributed by atoms with Gasteiger partial charge in [0, 0.05) is 19.1 Å². The van der Waals surface area contributed by atoms with Crippen LogP contribution in [-0.2, 0) is 11.3 Å². The molecule has 1 saturated heterocycles. The summed E-state index contributed by atoms with van der Waals surface area (Å²) in [5.41, 5.74) is 0. The van der Waals surface area contributed by atoms with Gasteiger partial charge in [0.2, 0.25) is 5.91 Å². The van der Waals surface area contributed by atoms with E-state index < -0.39 is 0 Å². The lowest BCUT2D eigenvalue weighted by Gasteiger charge is -2.38. The minimum absolute atomic E-state index is 0.0378. The number of hydrogen-bond acceptors (Lipinski definition) is 4. The van der Waals surface area contributed by atoms with Crippen LogP contribution >= 0.6 is 0 Å². The van der Waals surface area contributed by atoms with Crippen LogP contribution in [0, 0.1) is 0 Å². The zero-order valence-electron chi connectivity index (χ0n) is 10.3. The second kappa shape index (κ2) is 5.33. The molecule has 2 N–H and O–H groups in total. The Balaban J connectivity index is 1.78. The van der Waals surface area contributed by atoms with Crippen molar-refractivity contribution in [1.82, 2.24) is 15.5 Å². The van der Waals surface area contributed by atoms with Gasteiger partial charge in [0.05, 0.1) is 18.8 Å². The molecule has 0 bridgehead atoms. The van der Waals surface area contributed by atoms with Crippen molar-refractivity contribution >= 4 is 5.91 Å². The van der Waals surface area contributed by atoms with E-state index in [4.69, 9.17) is 4.42 Å². The zero-order valence-corrected chi connectivity index (χ0v) is 10.3. The number of carbonyl (C=O) groups is 1. The summed E-state index contributed by atoms with van der Waals surface area (Å²) < 4.78 is 5.17. The maximum atomic E-state index is 11.9. The van der Waals surface area contributed by atoms with Crippen LogP contribution in [-0.4, -0.2) is 43.0 Å². The van der Waals surface area contributed by atoms with Crippen molar-refractivity contribution in [2.24, 2.45) is 0 Å². The third-order valence-electron chi connectivity index (χ3n) is 3.34. The van der Waals surface area contributed by atoms with Crippen molar-refractivity contribution in [3.05, 3.63) is 24.2 Å². The molecule has 1 aromatic rings. The highest BCUT2D eigenvalue weighted by Gasteiger charge is 2.28. The average Bonchev–Trinajstić information content (AvgIpc) is 2.75. The number of amides is 1. The van der Waals surface area contributed by atoms with Gasteiger partial charge in [-0.15, -0.1) is 0 Å². The molecule has 2 heterocycles. The Bertz CT molecular complexity index is 360. The highest BCUT2D eigenvalue weighted by atomic mass is 16.3. The van der Waals surface area contributed by atoms with E-state index >= 15 is 0 Å². The van der Waals surface area contributed by atoms with E-state index in [1.165, 1.54) is 0 Å². The molecule has 1 fully saturated rings. The third-order valence-corrected chi connectivity index (χ3v) is 3.34. The summed E-state index contributed by atoms with van der Waals surface area (Å²) in [5.74, 6) is 0.814. The predicted molar refractivity (Wildman–Crippen MR) is 64.4 cm³/mol. The topological polar surface area (TPSA) is 57.5 Å². The van der Waals surface area contributed by atoms with Crippen LogP contribution in [0.4, 0.5) is 0 Å². The van der Waals surface area contributed by atoms with E-state index in [0.29, 0.717) is 12.6 Å². The Morgan fingerprint density at radius 2 is 2.47 bits per heavy atom. The van der Waals surface area contributed by atoms with Gasteiger partial charge in [0.25, 0.3) is 0 Å². The molecule has 0 radical (unpaired) electrons. The van der Waals surface area contributed by atoms with Crippen LogP contribution in [0.1, 0.15) is 12.7 Å². The van der Waals surface area contributed by atoms with Crippen molar-refractivity contribution in [3.8, 4) is 0 Å². The Labute approximate surface area is 101 Å².